The van der Waals surface area contributed by atoms with Crippen molar-refractivity contribution in [1.82, 2.24) is 0 Å². The number of benzene rings is 8. The summed E-state index contributed by atoms with van der Waals surface area (Å²) in [5.74, 6) is 1.80. The predicted octanol–water partition coefficient (Wildman–Crippen LogP) is 13.7. The lowest BCUT2D eigenvalue weighted by atomic mass is 9.66. The largest absolute Gasteiger partial charge is 0.457 e. The van der Waals surface area contributed by atoms with Crippen molar-refractivity contribution in [2.24, 2.45) is 0 Å². The van der Waals surface area contributed by atoms with Crippen molar-refractivity contribution in [2.75, 3.05) is 4.90 Å². The monoisotopic (exact) mass is 681 g/mol. The summed E-state index contributed by atoms with van der Waals surface area (Å²) in [5, 5.41) is 2.57. The van der Waals surface area contributed by atoms with Crippen molar-refractivity contribution in [3.05, 3.63) is 210 Å². The van der Waals surface area contributed by atoms with E-state index in [0.717, 1.165) is 22.9 Å². The Morgan fingerprint density at radius 3 is 1.79 bits per heavy atom. The van der Waals surface area contributed by atoms with Crippen LogP contribution in [0.4, 0.5) is 17.1 Å². The Morgan fingerprint density at radius 1 is 0.423 bits per heavy atom. The maximum atomic E-state index is 6.63. The summed E-state index contributed by atoms with van der Waals surface area (Å²) < 4.78 is 9.19. The lowest BCUT2D eigenvalue weighted by molar-refractivity contribution is 0.436. The van der Waals surface area contributed by atoms with Crippen molar-refractivity contribution < 1.29 is 4.74 Å². The second-order valence-corrected chi connectivity index (χ2v) is 14.6. The van der Waals surface area contributed by atoms with Crippen LogP contribution in [-0.2, 0) is 5.41 Å². The molecule has 0 radical (unpaired) electrons. The lowest BCUT2D eigenvalue weighted by Crippen LogP contribution is -2.32. The van der Waals surface area contributed by atoms with Crippen molar-refractivity contribution in [1.29, 1.82) is 0 Å². The van der Waals surface area contributed by atoms with Gasteiger partial charge in [0.2, 0.25) is 0 Å². The molecule has 0 saturated heterocycles. The fraction of sp³-hybridized carbons (Fsp3) is 0.0204. The molecule has 2 aliphatic rings. The molecule has 244 valence electrons. The molecule has 0 amide bonds. The summed E-state index contributed by atoms with van der Waals surface area (Å²) in [6.45, 7) is 0. The lowest BCUT2D eigenvalue weighted by Gasteiger charge is -2.39. The quantitative estimate of drug-likeness (QED) is 0.183. The Morgan fingerprint density at radius 2 is 1.00 bits per heavy atom. The Labute approximate surface area is 306 Å². The molecule has 0 bridgehead atoms. The third kappa shape index (κ3) is 4.06. The Bertz CT molecular complexity index is 2790. The second-order valence-electron chi connectivity index (χ2n) is 13.6. The minimum absolute atomic E-state index is 0.542. The van der Waals surface area contributed by atoms with Crippen molar-refractivity contribution >= 4 is 48.6 Å². The average molecular weight is 682 g/mol. The first kappa shape index (κ1) is 29.3. The number of hydrogen-bond donors (Lipinski definition) is 0. The number of ether oxygens (including phenoxy) is 1. The first-order valence-electron chi connectivity index (χ1n) is 17.8. The van der Waals surface area contributed by atoms with E-state index in [9.17, 15) is 0 Å². The molecule has 9 aromatic rings. The average Bonchev–Trinajstić information content (AvgIpc) is 3.74. The molecule has 0 unspecified atom stereocenters. The van der Waals surface area contributed by atoms with E-state index in [1.807, 2.05) is 11.3 Å². The minimum atomic E-state index is -0.542. The normalized spacial score (nSPS) is 13.3. The topological polar surface area (TPSA) is 12.5 Å². The maximum absolute atomic E-state index is 6.63. The number of hydrogen-bond acceptors (Lipinski definition) is 3. The van der Waals surface area contributed by atoms with Gasteiger partial charge in [0.25, 0.3) is 0 Å². The van der Waals surface area contributed by atoms with Crippen LogP contribution in [0.1, 0.15) is 22.3 Å². The SMILES string of the molecule is c1ccc(-c2ccc(N(c3cccc4c3-c3ccccc3C43c4ccccc4Oc4ccccc43)c3cccc4c3sc3ccccc34)cc2)cc1. The predicted molar refractivity (Wildman–Crippen MR) is 217 cm³/mol. The molecule has 2 heterocycles. The highest BCUT2D eigenvalue weighted by molar-refractivity contribution is 7.26. The van der Waals surface area contributed by atoms with Gasteiger partial charge in [0.15, 0.2) is 0 Å². The first-order valence-corrected chi connectivity index (χ1v) is 18.6. The van der Waals surface area contributed by atoms with Crippen LogP contribution >= 0.6 is 11.3 Å². The van der Waals surface area contributed by atoms with Gasteiger partial charge in [-0.1, -0.05) is 146 Å². The molecule has 0 N–H and O–H groups in total. The van der Waals surface area contributed by atoms with Crippen LogP contribution in [0.3, 0.4) is 0 Å². The first-order chi connectivity index (χ1) is 25.8. The molecule has 3 heteroatoms. The van der Waals surface area contributed by atoms with E-state index in [-0.39, 0.29) is 0 Å². The summed E-state index contributed by atoms with van der Waals surface area (Å²) in [5.41, 5.74) is 12.7. The number of rotatable bonds is 4. The van der Waals surface area contributed by atoms with E-state index in [2.05, 4.69) is 193 Å². The highest BCUT2D eigenvalue weighted by Gasteiger charge is 2.51. The molecule has 2 nitrogen and oxygen atoms in total. The Hall–Kier alpha value is -6.42. The van der Waals surface area contributed by atoms with Gasteiger partial charge in [-0.2, -0.15) is 0 Å². The maximum Gasteiger partial charge on any atom is 0.132 e. The number of anilines is 3. The summed E-state index contributed by atoms with van der Waals surface area (Å²) in [6.07, 6.45) is 0. The Balaban J connectivity index is 1.23. The fourth-order valence-electron chi connectivity index (χ4n) is 8.82. The van der Waals surface area contributed by atoms with E-state index in [4.69, 9.17) is 4.74 Å². The molecular formula is C49H31NOS. The highest BCUT2D eigenvalue weighted by atomic mass is 32.1. The van der Waals surface area contributed by atoms with Gasteiger partial charge >= 0.3 is 0 Å². The standard InChI is InChI=1S/C49H31NOS/c1-2-14-32(15-3-1)33-28-30-34(31-29-33)50(43-24-12-18-36-35-16-5-11-27-46(35)52-48(36)43)42-23-13-22-41-47(42)37-17-4-6-19-38(37)49(41)39-20-7-9-25-44(39)51-45-26-10-8-21-40(45)49/h1-31H. The van der Waals surface area contributed by atoms with Crippen molar-refractivity contribution in [3.8, 4) is 33.8 Å². The van der Waals surface area contributed by atoms with Crippen LogP contribution in [0, 0.1) is 0 Å². The van der Waals surface area contributed by atoms with E-state index in [0.29, 0.717) is 0 Å². The zero-order valence-corrected chi connectivity index (χ0v) is 29.0. The molecule has 0 fully saturated rings. The van der Waals surface area contributed by atoms with Gasteiger partial charge in [-0.05, 0) is 70.3 Å². The van der Waals surface area contributed by atoms with E-state index in [1.165, 1.54) is 70.4 Å². The summed E-state index contributed by atoms with van der Waals surface area (Å²) >= 11 is 1.87. The van der Waals surface area contributed by atoms with E-state index in [1.54, 1.807) is 0 Å². The molecule has 0 atom stereocenters. The zero-order valence-electron chi connectivity index (χ0n) is 28.2. The molecule has 0 saturated carbocycles. The van der Waals surface area contributed by atoms with Crippen LogP contribution in [0.5, 0.6) is 11.5 Å². The smallest absolute Gasteiger partial charge is 0.132 e. The molecule has 8 aromatic carbocycles. The van der Waals surface area contributed by atoms with Crippen LogP contribution in [-0.4, -0.2) is 0 Å². The van der Waals surface area contributed by atoms with Gasteiger partial charge in [0.1, 0.15) is 11.5 Å². The third-order valence-electron chi connectivity index (χ3n) is 10.9. The summed E-state index contributed by atoms with van der Waals surface area (Å²) in [7, 11) is 0. The number of fused-ring (bicyclic) bond motifs is 12. The molecule has 1 spiro atoms. The second kappa shape index (κ2) is 11.3. The van der Waals surface area contributed by atoms with Gasteiger partial charge in [-0.25, -0.2) is 0 Å². The number of para-hydroxylation sites is 2. The van der Waals surface area contributed by atoms with Crippen molar-refractivity contribution in [3.63, 3.8) is 0 Å². The van der Waals surface area contributed by atoms with Crippen LogP contribution < -0.4 is 9.64 Å². The molecule has 11 rings (SSSR count). The van der Waals surface area contributed by atoms with Gasteiger partial charge in [0.05, 0.1) is 21.5 Å². The zero-order chi connectivity index (χ0) is 34.2. The van der Waals surface area contributed by atoms with Gasteiger partial charge in [0, 0.05) is 37.9 Å². The minimum Gasteiger partial charge on any atom is -0.457 e. The molecular weight excluding hydrogens is 651 g/mol. The van der Waals surface area contributed by atoms with Gasteiger partial charge < -0.3 is 9.64 Å². The fourth-order valence-corrected chi connectivity index (χ4v) is 10.0. The third-order valence-corrected chi connectivity index (χ3v) is 12.2. The molecule has 1 aromatic heterocycles. The Kier molecular flexibility index (Phi) is 6.37. The van der Waals surface area contributed by atoms with Crippen LogP contribution in [0.25, 0.3) is 42.4 Å². The number of nitrogens with zero attached hydrogens (tertiary/aromatic N) is 1. The van der Waals surface area contributed by atoms with Crippen LogP contribution in [0.15, 0.2) is 188 Å². The van der Waals surface area contributed by atoms with E-state index < -0.39 is 5.41 Å². The highest BCUT2D eigenvalue weighted by Crippen LogP contribution is 2.64. The van der Waals surface area contributed by atoms with Gasteiger partial charge in [-0.3, -0.25) is 0 Å². The number of thiophene rings is 1. The van der Waals surface area contributed by atoms with Crippen molar-refractivity contribution in [2.45, 2.75) is 5.41 Å². The van der Waals surface area contributed by atoms with Crippen LogP contribution in [0.2, 0.25) is 0 Å². The molecule has 1 aliphatic heterocycles. The molecule has 1 aliphatic carbocycles. The summed E-state index contributed by atoms with van der Waals surface area (Å²) in [4.78, 5) is 2.50. The summed E-state index contributed by atoms with van der Waals surface area (Å²) in [6, 6.07) is 68.3. The van der Waals surface area contributed by atoms with E-state index >= 15 is 0 Å². The molecule has 52 heavy (non-hydrogen) atoms. The van der Waals surface area contributed by atoms with Gasteiger partial charge in [-0.15, -0.1) is 11.3 Å².